The van der Waals surface area contributed by atoms with Crippen LogP contribution in [0.3, 0.4) is 0 Å². The highest BCUT2D eigenvalue weighted by atomic mass is 16.7. The Morgan fingerprint density at radius 1 is 0.800 bits per heavy atom. The molecule has 2 unspecified atom stereocenters. The van der Waals surface area contributed by atoms with Crippen LogP contribution in [0.25, 0.3) is 0 Å². The summed E-state index contributed by atoms with van der Waals surface area (Å²) in [6, 6.07) is 21.9. The molecule has 0 aromatic heterocycles. The number of allylic oxidation sites excluding steroid dienone is 2. The first kappa shape index (κ1) is 21.7. The van der Waals surface area contributed by atoms with Crippen LogP contribution < -0.4 is 14.4 Å². The number of rotatable bonds is 3. The van der Waals surface area contributed by atoms with Crippen molar-refractivity contribution in [2.24, 2.45) is 0 Å². The molecular formula is C30H27NO4. The van der Waals surface area contributed by atoms with Crippen molar-refractivity contribution in [1.29, 1.82) is 0 Å². The second-order valence-electron chi connectivity index (χ2n) is 9.62. The van der Waals surface area contributed by atoms with Gasteiger partial charge in [0.2, 0.25) is 12.7 Å². The van der Waals surface area contributed by atoms with Crippen LogP contribution in [0.4, 0.5) is 5.69 Å². The molecule has 5 heteroatoms. The number of Topliss-reactive ketones (excluding diaryl/α,β-unsaturated/α-hetero) is 1. The van der Waals surface area contributed by atoms with Crippen molar-refractivity contribution in [3.63, 3.8) is 0 Å². The summed E-state index contributed by atoms with van der Waals surface area (Å²) in [4.78, 5) is 29.4. The molecule has 3 aromatic carbocycles. The Hall–Kier alpha value is -3.86. The van der Waals surface area contributed by atoms with E-state index >= 15 is 0 Å². The highest BCUT2D eigenvalue weighted by Crippen LogP contribution is 2.48. The number of hydrogen-bond acceptors (Lipinski definition) is 4. The molecule has 35 heavy (non-hydrogen) atoms. The summed E-state index contributed by atoms with van der Waals surface area (Å²) in [6.45, 7) is 4.28. The Kier molecular flexibility index (Phi) is 5.21. The molecule has 0 spiro atoms. The van der Waals surface area contributed by atoms with Crippen molar-refractivity contribution < 1.29 is 19.1 Å². The van der Waals surface area contributed by atoms with Gasteiger partial charge in [0.1, 0.15) is 0 Å². The zero-order valence-corrected chi connectivity index (χ0v) is 19.9. The van der Waals surface area contributed by atoms with E-state index in [1.807, 2.05) is 60.4 Å². The lowest BCUT2D eigenvalue weighted by Crippen LogP contribution is -2.42. The zero-order valence-electron chi connectivity index (χ0n) is 19.9. The second kappa shape index (κ2) is 8.42. The minimum absolute atomic E-state index is 0.0154. The molecule has 5 nitrogen and oxygen atoms in total. The molecule has 2 atom stereocenters. The molecular weight excluding hydrogens is 438 g/mol. The molecule has 2 heterocycles. The topological polar surface area (TPSA) is 55.8 Å². The van der Waals surface area contributed by atoms with Gasteiger partial charge in [-0.25, -0.2) is 0 Å². The fraction of sp³-hybridized carbons (Fsp3) is 0.267. The number of amides is 1. The van der Waals surface area contributed by atoms with Gasteiger partial charge >= 0.3 is 0 Å². The zero-order chi connectivity index (χ0) is 24.1. The third kappa shape index (κ3) is 3.63. The average Bonchev–Trinajstić information content (AvgIpc) is 3.34. The molecule has 176 valence electrons. The molecule has 1 amide bonds. The first-order valence-corrected chi connectivity index (χ1v) is 12.1. The van der Waals surface area contributed by atoms with Crippen molar-refractivity contribution >= 4 is 17.4 Å². The van der Waals surface area contributed by atoms with Gasteiger partial charge in [-0.3, -0.25) is 14.5 Å². The predicted octanol–water partition coefficient (Wildman–Crippen LogP) is 5.95. The molecule has 1 aliphatic carbocycles. The highest BCUT2D eigenvalue weighted by molar-refractivity contribution is 6.08. The van der Waals surface area contributed by atoms with E-state index in [2.05, 4.69) is 25.1 Å². The Morgan fingerprint density at radius 2 is 1.60 bits per heavy atom. The summed E-state index contributed by atoms with van der Waals surface area (Å²) in [7, 11) is 0. The van der Waals surface area contributed by atoms with Gasteiger partial charge < -0.3 is 9.47 Å². The molecule has 0 saturated heterocycles. The molecule has 0 saturated carbocycles. The van der Waals surface area contributed by atoms with Gasteiger partial charge in [-0.1, -0.05) is 48.5 Å². The summed E-state index contributed by atoms with van der Waals surface area (Å²) >= 11 is 0. The number of hydrogen-bond donors (Lipinski definition) is 0. The maximum Gasteiger partial charge on any atom is 0.232 e. The van der Waals surface area contributed by atoms with E-state index in [-0.39, 0.29) is 36.7 Å². The lowest BCUT2D eigenvalue weighted by atomic mass is 9.72. The van der Waals surface area contributed by atoms with Gasteiger partial charge in [0.15, 0.2) is 17.3 Å². The number of nitrogens with zero attached hydrogens (tertiary/aromatic N) is 1. The standard InChI is InChI=1S/C30H27NO4/c1-18-7-6-10-24(19(18)2)31-25-13-22(20-8-4-3-5-9-20)14-26(32)30(25)23(16-29(31)33)21-11-12-27-28(15-21)35-17-34-27/h3-12,15,22-23H,13-14,16-17H2,1-2H3. The number of fused-ring (bicyclic) bond motifs is 1. The van der Waals surface area contributed by atoms with Crippen LogP contribution in [0.15, 0.2) is 78.0 Å². The third-order valence-corrected chi connectivity index (χ3v) is 7.62. The van der Waals surface area contributed by atoms with E-state index in [0.29, 0.717) is 24.3 Å². The molecule has 0 N–H and O–H groups in total. The average molecular weight is 466 g/mol. The van der Waals surface area contributed by atoms with E-state index in [0.717, 1.165) is 39.2 Å². The Labute approximate surface area is 205 Å². The van der Waals surface area contributed by atoms with Crippen molar-refractivity contribution in [2.75, 3.05) is 11.7 Å². The van der Waals surface area contributed by atoms with Crippen molar-refractivity contribution in [1.82, 2.24) is 0 Å². The lowest BCUT2D eigenvalue weighted by Gasteiger charge is -2.41. The number of aryl methyl sites for hydroxylation is 1. The molecule has 2 aliphatic heterocycles. The van der Waals surface area contributed by atoms with Crippen LogP contribution in [-0.2, 0) is 9.59 Å². The van der Waals surface area contributed by atoms with E-state index in [4.69, 9.17) is 9.47 Å². The minimum Gasteiger partial charge on any atom is -0.454 e. The summed E-state index contributed by atoms with van der Waals surface area (Å²) < 4.78 is 11.1. The van der Waals surface area contributed by atoms with Crippen LogP contribution in [0.5, 0.6) is 11.5 Å². The summed E-state index contributed by atoms with van der Waals surface area (Å²) in [5, 5.41) is 0. The van der Waals surface area contributed by atoms with Crippen molar-refractivity contribution in [3.05, 3.63) is 100 Å². The molecule has 0 fully saturated rings. The number of benzene rings is 3. The molecule has 3 aliphatic rings. The minimum atomic E-state index is -0.294. The maximum absolute atomic E-state index is 13.8. The van der Waals surface area contributed by atoms with E-state index in [9.17, 15) is 9.59 Å². The van der Waals surface area contributed by atoms with Gasteiger partial charge in [0, 0.05) is 30.0 Å². The molecule has 6 rings (SSSR count). The van der Waals surface area contributed by atoms with Crippen LogP contribution >= 0.6 is 0 Å². The maximum atomic E-state index is 13.8. The van der Waals surface area contributed by atoms with Gasteiger partial charge in [0.25, 0.3) is 0 Å². The van der Waals surface area contributed by atoms with Gasteiger partial charge in [-0.05, 0) is 66.6 Å². The van der Waals surface area contributed by atoms with Gasteiger partial charge in [0.05, 0.1) is 5.69 Å². The summed E-state index contributed by atoms with van der Waals surface area (Å²) in [5.74, 6) is 1.24. The number of ketones is 1. The smallest absolute Gasteiger partial charge is 0.232 e. The monoisotopic (exact) mass is 465 g/mol. The van der Waals surface area contributed by atoms with Crippen LogP contribution in [-0.4, -0.2) is 18.5 Å². The molecule has 0 radical (unpaired) electrons. The number of ether oxygens (including phenoxy) is 2. The van der Waals surface area contributed by atoms with Crippen LogP contribution in [0.1, 0.15) is 53.4 Å². The fourth-order valence-corrected chi connectivity index (χ4v) is 5.67. The number of anilines is 1. The van der Waals surface area contributed by atoms with Crippen molar-refractivity contribution in [3.8, 4) is 11.5 Å². The van der Waals surface area contributed by atoms with Crippen LogP contribution in [0.2, 0.25) is 0 Å². The van der Waals surface area contributed by atoms with Gasteiger partial charge in [-0.15, -0.1) is 0 Å². The highest BCUT2D eigenvalue weighted by Gasteiger charge is 2.43. The Bertz CT molecular complexity index is 1370. The Balaban J connectivity index is 1.51. The first-order chi connectivity index (χ1) is 17.0. The van der Waals surface area contributed by atoms with E-state index in [1.54, 1.807) is 0 Å². The lowest BCUT2D eigenvalue weighted by molar-refractivity contribution is -0.120. The Morgan fingerprint density at radius 3 is 2.43 bits per heavy atom. The van der Waals surface area contributed by atoms with E-state index < -0.39 is 0 Å². The quantitative estimate of drug-likeness (QED) is 0.479. The first-order valence-electron chi connectivity index (χ1n) is 12.1. The normalized spacial score (nSPS) is 21.4. The van der Waals surface area contributed by atoms with E-state index in [1.165, 1.54) is 0 Å². The molecule has 0 bridgehead atoms. The fourth-order valence-electron chi connectivity index (χ4n) is 5.67. The van der Waals surface area contributed by atoms with Gasteiger partial charge in [-0.2, -0.15) is 0 Å². The largest absolute Gasteiger partial charge is 0.454 e. The van der Waals surface area contributed by atoms with Crippen LogP contribution in [0, 0.1) is 13.8 Å². The SMILES string of the molecule is Cc1cccc(N2C(=O)CC(c3ccc4c(c3)OCO4)C3=C2CC(c2ccccc2)CC3=O)c1C. The number of carbonyl (C=O) groups excluding carboxylic acids is 2. The van der Waals surface area contributed by atoms with Crippen molar-refractivity contribution in [2.45, 2.75) is 44.9 Å². The third-order valence-electron chi connectivity index (χ3n) is 7.62. The number of carbonyl (C=O) groups is 2. The summed E-state index contributed by atoms with van der Waals surface area (Å²) in [6.07, 6.45) is 1.33. The summed E-state index contributed by atoms with van der Waals surface area (Å²) in [5.41, 5.74) is 6.70. The predicted molar refractivity (Wildman–Crippen MR) is 134 cm³/mol. The molecule has 3 aromatic rings. The second-order valence-corrected chi connectivity index (χ2v) is 9.62.